The van der Waals surface area contributed by atoms with E-state index in [0.29, 0.717) is 36.7 Å². The first kappa shape index (κ1) is 18.7. The van der Waals surface area contributed by atoms with Gasteiger partial charge in [0.1, 0.15) is 11.6 Å². The lowest BCUT2D eigenvalue weighted by Gasteiger charge is -2.31. The van der Waals surface area contributed by atoms with Gasteiger partial charge in [0.05, 0.1) is 5.69 Å². The van der Waals surface area contributed by atoms with Gasteiger partial charge in [-0.25, -0.2) is 13.5 Å². The van der Waals surface area contributed by atoms with Crippen molar-refractivity contribution in [1.82, 2.24) is 25.1 Å². The maximum absolute atomic E-state index is 13.5. The Kier molecular flexibility index (Phi) is 4.45. The average Bonchev–Trinajstić information content (AvgIpc) is 3.39. The monoisotopic (exact) mass is 403 g/mol. The quantitative estimate of drug-likeness (QED) is 0.818. The molecule has 0 amide bonds. The average molecular weight is 403 g/mol. The molecule has 1 aliphatic carbocycles. The first-order valence-electron chi connectivity index (χ1n) is 10.4. The highest BCUT2D eigenvalue weighted by molar-refractivity contribution is 5.54. The van der Waals surface area contributed by atoms with Gasteiger partial charge < -0.3 is 15.5 Å². The Labute approximate surface area is 168 Å². The van der Waals surface area contributed by atoms with Crippen LogP contribution in [0.2, 0.25) is 0 Å². The molecule has 0 aromatic carbocycles. The zero-order valence-electron chi connectivity index (χ0n) is 16.8. The molecule has 2 saturated heterocycles. The Hall–Kier alpha value is -2.29. The summed E-state index contributed by atoms with van der Waals surface area (Å²) in [5.74, 6) is -0.456. The minimum atomic E-state index is -2.54. The molecule has 9 heteroatoms. The number of hydrogen-bond acceptors (Lipinski definition) is 6. The van der Waals surface area contributed by atoms with Crippen molar-refractivity contribution in [2.24, 2.45) is 0 Å². The van der Waals surface area contributed by atoms with E-state index in [1.165, 1.54) is 0 Å². The smallest absolute Gasteiger partial charge is 0.254 e. The number of anilines is 2. The number of nitrogens with zero attached hydrogens (tertiary/aromatic N) is 5. The molecule has 2 bridgehead atoms. The fourth-order valence-electron chi connectivity index (χ4n) is 4.80. The summed E-state index contributed by atoms with van der Waals surface area (Å²) in [6, 6.07) is 4.90. The van der Waals surface area contributed by atoms with Crippen LogP contribution in [0, 0.1) is 13.8 Å². The van der Waals surface area contributed by atoms with Crippen molar-refractivity contribution >= 4 is 11.6 Å². The Balaban J connectivity index is 1.46. The zero-order chi connectivity index (χ0) is 20.2. The van der Waals surface area contributed by atoms with Crippen molar-refractivity contribution in [2.75, 3.05) is 23.3 Å². The number of piperazine rings is 1. The number of aromatic nitrogens is 4. The van der Waals surface area contributed by atoms with Gasteiger partial charge >= 0.3 is 0 Å². The van der Waals surface area contributed by atoms with E-state index in [4.69, 9.17) is 9.97 Å². The third-order valence-electron chi connectivity index (χ3n) is 6.32. The number of rotatable bonds is 4. The highest BCUT2D eigenvalue weighted by Crippen LogP contribution is 2.35. The second-order valence-corrected chi connectivity index (χ2v) is 8.67. The molecule has 2 aromatic rings. The normalized spacial score (nSPS) is 26.3. The molecule has 0 spiro atoms. The Morgan fingerprint density at radius 2 is 1.97 bits per heavy atom. The molecular weight excluding hydrogens is 376 g/mol. The SMILES string of the molecule is Cc1cc(C)n(-c2nc(NC3CCC(F)(F)CC3)cc(N3C[C@H]4CC3CN4)n2)n1. The molecule has 2 N–H and O–H groups in total. The molecule has 0 radical (unpaired) electrons. The lowest BCUT2D eigenvalue weighted by atomic mass is 9.92. The molecule has 2 aromatic heterocycles. The van der Waals surface area contributed by atoms with Crippen LogP contribution in [0.25, 0.3) is 5.95 Å². The van der Waals surface area contributed by atoms with Crippen LogP contribution in [0.15, 0.2) is 12.1 Å². The summed E-state index contributed by atoms with van der Waals surface area (Å²) in [5.41, 5.74) is 1.87. The van der Waals surface area contributed by atoms with Gasteiger partial charge in [-0.2, -0.15) is 15.1 Å². The van der Waals surface area contributed by atoms with Crippen molar-refractivity contribution in [3.8, 4) is 5.95 Å². The van der Waals surface area contributed by atoms with Gasteiger partial charge in [-0.3, -0.25) is 0 Å². The molecule has 7 nitrogen and oxygen atoms in total. The van der Waals surface area contributed by atoms with Crippen LogP contribution in [0.3, 0.4) is 0 Å². The lowest BCUT2D eigenvalue weighted by molar-refractivity contribution is -0.0361. The third-order valence-corrected chi connectivity index (χ3v) is 6.32. The van der Waals surface area contributed by atoms with E-state index in [9.17, 15) is 8.78 Å². The van der Waals surface area contributed by atoms with Crippen LogP contribution < -0.4 is 15.5 Å². The van der Waals surface area contributed by atoms with Crippen LogP contribution in [-0.4, -0.2) is 56.9 Å². The standard InChI is InChI=1S/C20H27F2N7/c1-12-7-13(2)29(27-12)19-25-17(24-14-3-5-20(21,22)6-4-14)9-18(26-19)28-11-15-8-16(28)10-23-15/h7,9,14-16,23H,3-6,8,10-11H2,1-2H3,(H,24,25,26)/t15-,16?/m1/s1. The Morgan fingerprint density at radius 3 is 2.59 bits per heavy atom. The summed E-state index contributed by atoms with van der Waals surface area (Å²) in [5, 5.41) is 11.4. The topological polar surface area (TPSA) is 70.9 Å². The molecule has 29 heavy (non-hydrogen) atoms. The zero-order valence-corrected chi connectivity index (χ0v) is 16.8. The first-order chi connectivity index (χ1) is 13.9. The number of alkyl halides is 2. The number of aryl methyl sites for hydroxylation is 2. The van der Waals surface area contributed by atoms with Crippen molar-refractivity contribution < 1.29 is 8.78 Å². The molecule has 3 fully saturated rings. The predicted molar refractivity (Wildman–Crippen MR) is 107 cm³/mol. The highest BCUT2D eigenvalue weighted by atomic mass is 19.3. The fraction of sp³-hybridized carbons (Fsp3) is 0.650. The van der Waals surface area contributed by atoms with E-state index in [0.717, 1.165) is 36.7 Å². The van der Waals surface area contributed by atoms with E-state index >= 15 is 0 Å². The predicted octanol–water partition coefficient (Wildman–Crippen LogP) is 2.82. The van der Waals surface area contributed by atoms with Gasteiger partial charge in [-0.1, -0.05) is 0 Å². The van der Waals surface area contributed by atoms with Crippen molar-refractivity contribution in [3.05, 3.63) is 23.5 Å². The number of nitrogens with one attached hydrogen (secondary N) is 2. The number of halogens is 2. The van der Waals surface area contributed by atoms with Gasteiger partial charge in [0.15, 0.2) is 0 Å². The molecule has 1 unspecified atom stereocenters. The van der Waals surface area contributed by atoms with Gasteiger partial charge in [0, 0.05) is 55.8 Å². The molecular formula is C20H27F2N7. The summed E-state index contributed by atoms with van der Waals surface area (Å²) in [6.45, 7) is 5.81. The van der Waals surface area contributed by atoms with Crippen LogP contribution >= 0.6 is 0 Å². The maximum Gasteiger partial charge on any atom is 0.254 e. The third kappa shape index (κ3) is 3.68. The lowest BCUT2D eigenvalue weighted by Crippen LogP contribution is -2.44. The summed E-state index contributed by atoms with van der Waals surface area (Å²) >= 11 is 0. The highest BCUT2D eigenvalue weighted by Gasteiger charge is 2.39. The molecule has 2 aliphatic heterocycles. The second kappa shape index (κ2) is 6.90. The summed E-state index contributed by atoms with van der Waals surface area (Å²) in [4.78, 5) is 11.8. The van der Waals surface area contributed by atoms with Crippen LogP contribution in [-0.2, 0) is 0 Å². The second-order valence-electron chi connectivity index (χ2n) is 8.67. The van der Waals surface area contributed by atoms with Gasteiger partial charge in [-0.15, -0.1) is 0 Å². The number of fused-ring (bicyclic) bond motifs is 2. The van der Waals surface area contributed by atoms with E-state index in [2.05, 4.69) is 20.6 Å². The van der Waals surface area contributed by atoms with Crippen LogP contribution in [0.4, 0.5) is 20.4 Å². The Morgan fingerprint density at radius 1 is 1.17 bits per heavy atom. The van der Waals surface area contributed by atoms with E-state index in [1.807, 2.05) is 26.0 Å². The number of hydrogen-bond donors (Lipinski definition) is 2. The largest absolute Gasteiger partial charge is 0.367 e. The summed E-state index contributed by atoms with van der Waals surface area (Å²) < 4.78 is 28.8. The molecule has 156 valence electrons. The van der Waals surface area contributed by atoms with Gasteiger partial charge in [0.2, 0.25) is 5.92 Å². The maximum atomic E-state index is 13.5. The minimum absolute atomic E-state index is 0.00220. The van der Waals surface area contributed by atoms with E-state index in [1.54, 1.807) is 4.68 Å². The molecule has 2 atom stereocenters. The first-order valence-corrected chi connectivity index (χ1v) is 10.4. The molecule has 4 heterocycles. The fourth-order valence-corrected chi connectivity index (χ4v) is 4.80. The van der Waals surface area contributed by atoms with Gasteiger partial charge in [-0.05, 0) is 39.2 Å². The summed E-state index contributed by atoms with van der Waals surface area (Å²) in [6.07, 6.45) is 1.86. The van der Waals surface area contributed by atoms with Crippen LogP contribution in [0.1, 0.15) is 43.5 Å². The van der Waals surface area contributed by atoms with E-state index < -0.39 is 5.92 Å². The summed E-state index contributed by atoms with van der Waals surface area (Å²) in [7, 11) is 0. The van der Waals surface area contributed by atoms with Crippen molar-refractivity contribution in [1.29, 1.82) is 0 Å². The minimum Gasteiger partial charge on any atom is -0.367 e. The van der Waals surface area contributed by atoms with Crippen molar-refractivity contribution in [3.63, 3.8) is 0 Å². The molecule has 1 saturated carbocycles. The molecule has 3 aliphatic rings. The van der Waals surface area contributed by atoms with E-state index in [-0.39, 0.29) is 18.9 Å². The van der Waals surface area contributed by atoms with Crippen LogP contribution in [0.5, 0.6) is 0 Å². The van der Waals surface area contributed by atoms with Crippen molar-refractivity contribution in [2.45, 2.75) is 70.0 Å². The Bertz CT molecular complexity index is 902. The van der Waals surface area contributed by atoms with Gasteiger partial charge in [0.25, 0.3) is 5.95 Å². The molecule has 5 rings (SSSR count).